The van der Waals surface area contributed by atoms with Crippen LogP contribution >= 0.6 is 0 Å². The molecule has 1 aromatic carbocycles. The van der Waals surface area contributed by atoms with Crippen molar-refractivity contribution in [1.29, 1.82) is 0 Å². The largest absolute Gasteiger partial charge is 0.478 e. The molecular weight excluding hydrogens is 338 g/mol. The van der Waals surface area contributed by atoms with Gasteiger partial charge in [-0.2, -0.15) is 0 Å². The van der Waals surface area contributed by atoms with Crippen LogP contribution in [0.25, 0.3) is 0 Å². The summed E-state index contributed by atoms with van der Waals surface area (Å²) in [5, 5.41) is 11.7. The van der Waals surface area contributed by atoms with Gasteiger partial charge in [0.2, 0.25) is 0 Å². The third kappa shape index (κ3) is 5.11. The van der Waals surface area contributed by atoms with Gasteiger partial charge in [0.25, 0.3) is 0 Å². The van der Waals surface area contributed by atoms with E-state index in [1.807, 2.05) is 27.7 Å². The number of carbonyl (C=O) groups excluding carboxylic acids is 2. The van der Waals surface area contributed by atoms with Crippen molar-refractivity contribution in [3.05, 3.63) is 29.8 Å². The monoisotopic (exact) mass is 363 g/mol. The van der Waals surface area contributed by atoms with E-state index in [9.17, 15) is 14.4 Å². The number of rotatable bonds is 2. The zero-order valence-electron chi connectivity index (χ0n) is 15.5. The van der Waals surface area contributed by atoms with Crippen LogP contribution in [0.5, 0.6) is 0 Å². The smallest absolute Gasteiger partial charge is 0.410 e. The molecule has 1 heterocycles. The molecule has 1 unspecified atom stereocenters. The molecular formula is C18H25N3O5. The molecule has 0 radical (unpaired) electrons. The van der Waals surface area contributed by atoms with Gasteiger partial charge in [0, 0.05) is 31.4 Å². The van der Waals surface area contributed by atoms with Gasteiger partial charge >= 0.3 is 18.1 Å². The van der Waals surface area contributed by atoms with Gasteiger partial charge in [-0.15, -0.1) is 0 Å². The predicted octanol–water partition coefficient (Wildman–Crippen LogP) is 2.86. The predicted molar refractivity (Wildman–Crippen MR) is 96.4 cm³/mol. The summed E-state index contributed by atoms with van der Waals surface area (Å²) in [7, 11) is 0. The molecule has 1 aromatic rings. The maximum Gasteiger partial charge on any atom is 0.410 e. The van der Waals surface area contributed by atoms with E-state index in [-0.39, 0.29) is 23.7 Å². The highest BCUT2D eigenvalue weighted by atomic mass is 16.6. The molecule has 26 heavy (non-hydrogen) atoms. The van der Waals surface area contributed by atoms with Crippen LogP contribution in [0.2, 0.25) is 0 Å². The second kappa shape index (κ2) is 7.63. The Kier molecular flexibility index (Phi) is 5.74. The lowest BCUT2D eigenvalue weighted by atomic mass is 10.2. The van der Waals surface area contributed by atoms with Crippen molar-refractivity contribution in [2.45, 2.75) is 39.3 Å². The minimum Gasteiger partial charge on any atom is -0.478 e. The van der Waals surface area contributed by atoms with E-state index in [2.05, 4.69) is 5.32 Å². The van der Waals surface area contributed by atoms with E-state index < -0.39 is 11.6 Å². The summed E-state index contributed by atoms with van der Waals surface area (Å²) in [5.41, 5.74) is -0.0523. The first-order valence-electron chi connectivity index (χ1n) is 8.46. The Morgan fingerprint density at radius 2 is 1.92 bits per heavy atom. The van der Waals surface area contributed by atoms with Crippen LogP contribution in [-0.2, 0) is 4.74 Å². The van der Waals surface area contributed by atoms with Crippen molar-refractivity contribution in [2.24, 2.45) is 0 Å². The van der Waals surface area contributed by atoms with Gasteiger partial charge in [0.1, 0.15) is 5.60 Å². The minimum absolute atomic E-state index is 0.103. The maximum absolute atomic E-state index is 12.4. The molecule has 8 nitrogen and oxygen atoms in total. The summed E-state index contributed by atoms with van der Waals surface area (Å²) in [6.07, 6.45) is -0.390. The highest BCUT2D eigenvalue weighted by molar-refractivity contribution is 5.93. The first-order chi connectivity index (χ1) is 12.1. The SMILES string of the molecule is CC1CN(C(=O)Nc2cccc(C(=O)O)c2)CCN1C(=O)OC(C)(C)C. The number of hydrogen-bond acceptors (Lipinski definition) is 4. The molecule has 142 valence electrons. The molecule has 1 aliphatic rings. The summed E-state index contributed by atoms with van der Waals surface area (Å²) in [4.78, 5) is 38.9. The van der Waals surface area contributed by atoms with Gasteiger partial charge in [0.05, 0.1) is 5.56 Å². The fourth-order valence-electron chi connectivity index (χ4n) is 2.67. The van der Waals surface area contributed by atoms with E-state index in [4.69, 9.17) is 9.84 Å². The highest BCUT2D eigenvalue weighted by Crippen LogP contribution is 2.17. The molecule has 0 saturated carbocycles. The van der Waals surface area contributed by atoms with Gasteiger partial charge in [0.15, 0.2) is 0 Å². The molecule has 1 aliphatic heterocycles. The number of carboxylic acids is 1. The van der Waals surface area contributed by atoms with Gasteiger partial charge in [-0.05, 0) is 45.9 Å². The number of piperazine rings is 1. The molecule has 2 N–H and O–H groups in total. The van der Waals surface area contributed by atoms with Crippen molar-refractivity contribution in [3.63, 3.8) is 0 Å². The molecule has 8 heteroatoms. The summed E-state index contributed by atoms with van der Waals surface area (Å²) < 4.78 is 5.39. The molecule has 1 saturated heterocycles. The van der Waals surface area contributed by atoms with Gasteiger partial charge in [-0.3, -0.25) is 0 Å². The molecule has 0 aliphatic carbocycles. The molecule has 1 fully saturated rings. The second-order valence-corrected chi connectivity index (χ2v) is 7.28. The van der Waals surface area contributed by atoms with Crippen LogP contribution in [-0.4, -0.2) is 64.3 Å². The standard InChI is InChI=1S/C18H25N3O5/c1-12-11-20(8-9-21(12)17(25)26-18(2,3)4)16(24)19-14-7-5-6-13(10-14)15(22)23/h5-7,10,12H,8-9,11H2,1-4H3,(H,19,24)(H,22,23). The van der Waals surface area contributed by atoms with E-state index in [0.717, 1.165) is 0 Å². The van der Waals surface area contributed by atoms with E-state index >= 15 is 0 Å². The van der Waals surface area contributed by atoms with Crippen LogP contribution in [0.1, 0.15) is 38.1 Å². The Hall–Kier alpha value is -2.77. The fourth-order valence-corrected chi connectivity index (χ4v) is 2.67. The number of carbonyl (C=O) groups is 3. The summed E-state index contributed by atoms with van der Waals surface area (Å²) >= 11 is 0. The van der Waals surface area contributed by atoms with Crippen LogP contribution < -0.4 is 5.32 Å². The number of nitrogens with zero attached hydrogens (tertiary/aromatic N) is 2. The van der Waals surface area contributed by atoms with Crippen molar-refractivity contribution >= 4 is 23.8 Å². The van der Waals surface area contributed by atoms with E-state index in [0.29, 0.717) is 25.3 Å². The zero-order valence-corrected chi connectivity index (χ0v) is 15.5. The lowest BCUT2D eigenvalue weighted by Gasteiger charge is -2.40. The molecule has 2 rings (SSSR count). The average Bonchev–Trinajstić information content (AvgIpc) is 2.53. The Morgan fingerprint density at radius 1 is 1.23 bits per heavy atom. The van der Waals surface area contributed by atoms with Crippen molar-refractivity contribution in [1.82, 2.24) is 9.80 Å². The quantitative estimate of drug-likeness (QED) is 0.842. The van der Waals surface area contributed by atoms with Crippen molar-refractivity contribution < 1.29 is 24.2 Å². The molecule has 3 amide bonds. The Morgan fingerprint density at radius 3 is 2.50 bits per heavy atom. The molecule has 0 aromatic heterocycles. The minimum atomic E-state index is -1.05. The zero-order chi connectivity index (χ0) is 19.5. The highest BCUT2D eigenvalue weighted by Gasteiger charge is 2.32. The normalized spacial score (nSPS) is 17.6. The second-order valence-electron chi connectivity index (χ2n) is 7.28. The van der Waals surface area contributed by atoms with Crippen LogP contribution in [0.15, 0.2) is 24.3 Å². The number of benzene rings is 1. The van der Waals surface area contributed by atoms with Crippen LogP contribution in [0.3, 0.4) is 0 Å². The van der Waals surface area contributed by atoms with Crippen LogP contribution in [0, 0.1) is 0 Å². The van der Waals surface area contributed by atoms with Gasteiger partial charge in [-0.1, -0.05) is 6.07 Å². The maximum atomic E-state index is 12.4. The molecule has 0 bridgehead atoms. The Bertz CT molecular complexity index is 698. The third-order valence-electron chi connectivity index (χ3n) is 3.90. The lowest BCUT2D eigenvalue weighted by Crippen LogP contribution is -2.57. The van der Waals surface area contributed by atoms with E-state index in [1.165, 1.54) is 12.1 Å². The summed E-state index contributed by atoms with van der Waals surface area (Å²) in [6.45, 7) is 8.39. The van der Waals surface area contributed by atoms with Crippen LogP contribution in [0.4, 0.5) is 15.3 Å². The number of nitrogens with one attached hydrogen (secondary N) is 1. The molecule has 0 spiro atoms. The summed E-state index contributed by atoms with van der Waals surface area (Å²) in [6, 6.07) is 5.55. The van der Waals surface area contributed by atoms with Crippen molar-refractivity contribution in [3.8, 4) is 0 Å². The first kappa shape index (κ1) is 19.6. The number of aromatic carboxylic acids is 1. The number of anilines is 1. The number of amides is 3. The van der Waals surface area contributed by atoms with Gasteiger partial charge in [-0.25, -0.2) is 14.4 Å². The topological polar surface area (TPSA) is 99.2 Å². The number of ether oxygens (including phenoxy) is 1. The van der Waals surface area contributed by atoms with Crippen molar-refractivity contribution in [2.75, 3.05) is 25.0 Å². The lowest BCUT2D eigenvalue weighted by molar-refractivity contribution is 0.00588. The Balaban J connectivity index is 1.95. The summed E-state index contributed by atoms with van der Waals surface area (Å²) in [5.74, 6) is -1.05. The van der Waals surface area contributed by atoms with Gasteiger partial charge < -0.3 is 25.0 Å². The first-order valence-corrected chi connectivity index (χ1v) is 8.46. The average molecular weight is 363 g/mol. The third-order valence-corrected chi connectivity index (χ3v) is 3.90. The number of hydrogen-bond donors (Lipinski definition) is 2. The molecule has 1 atom stereocenters. The Labute approximate surface area is 152 Å². The van der Waals surface area contributed by atoms with E-state index in [1.54, 1.807) is 21.9 Å². The number of carboxylic acid groups (broad SMARTS) is 1. The number of urea groups is 1. The fraction of sp³-hybridized carbons (Fsp3) is 0.500.